The van der Waals surface area contributed by atoms with E-state index in [-0.39, 0.29) is 40.3 Å². The summed E-state index contributed by atoms with van der Waals surface area (Å²) in [5.74, 6) is -0.566. The minimum absolute atomic E-state index is 0.0653. The van der Waals surface area contributed by atoms with E-state index in [1.165, 1.54) is 0 Å². The molecule has 0 unspecified atom stereocenters. The molecular formula is C41H66O13. The van der Waals surface area contributed by atoms with Crippen LogP contribution in [0.25, 0.3) is 0 Å². The predicted molar refractivity (Wildman–Crippen MR) is 193 cm³/mol. The number of hydrogen-bond donors (Lipinski definition) is 8. The molecule has 0 spiro atoms. The average Bonchev–Trinajstić information content (AvgIpc) is 3.11. The van der Waals surface area contributed by atoms with Crippen molar-refractivity contribution in [3.8, 4) is 0 Å². The molecule has 54 heavy (non-hydrogen) atoms. The van der Waals surface area contributed by atoms with Crippen LogP contribution in [0, 0.1) is 50.2 Å². The van der Waals surface area contributed by atoms with Crippen LogP contribution in [-0.2, 0) is 23.7 Å². The number of allylic oxidation sites excluding steroid dienone is 1. The zero-order valence-corrected chi connectivity index (χ0v) is 33.1. The smallest absolute Gasteiger partial charge is 0.315 e. The summed E-state index contributed by atoms with van der Waals surface area (Å²) < 4.78 is 23.7. The van der Waals surface area contributed by atoms with Crippen molar-refractivity contribution in [3.05, 3.63) is 11.6 Å². The minimum atomic E-state index is -1.71. The lowest BCUT2D eigenvalue weighted by Gasteiger charge is -2.71. The van der Waals surface area contributed by atoms with Gasteiger partial charge in [0, 0.05) is 5.92 Å². The topological polar surface area (TPSA) is 216 Å². The third-order valence-corrected chi connectivity index (χ3v) is 17.0. The second-order valence-corrected chi connectivity index (χ2v) is 20.2. The molecule has 0 bridgehead atoms. The van der Waals surface area contributed by atoms with E-state index in [1.54, 1.807) is 0 Å². The summed E-state index contributed by atoms with van der Waals surface area (Å²) in [4.78, 5) is 14.6. The summed E-state index contributed by atoms with van der Waals surface area (Å²) >= 11 is 0. The fraction of sp³-hybridized carbons (Fsp3) is 0.927. The maximum absolute atomic E-state index is 14.6. The Kier molecular flexibility index (Phi) is 10.4. The molecule has 0 amide bonds. The number of carbonyl (C=O) groups excluding carboxylic acids is 1. The van der Waals surface area contributed by atoms with Crippen LogP contribution in [0.15, 0.2) is 11.6 Å². The Labute approximate surface area is 319 Å². The number of aliphatic hydroxyl groups is 8. The van der Waals surface area contributed by atoms with E-state index in [9.17, 15) is 45.6 Å². The number of fused-ring (bicyclic) bond motifs is 7. The van der Waals surface area contributed by atoms with Gasteiger partial charge in [0.05, 0.1) is 30.8 Å². The highest BCUT2D eigenvalue weighted by Gasteiger charge is 2.71. The van der Waals surface area contributed by atoms with Crippen LogP contribution in [0.4, 0.5) is 0 Å². The van der Waals surface area contributed by atoms with Gasteiger partial charge in [-0.15, -0.1) is 0 Å². The summed E-state index contributed by atoms with van der Waals surface area (Å²) in [5, 5.41) is 84.6. The first-order valence-corrected chi connectivity index (χ1v) is 20.3. The van der Waals surface area contributed by atoms with Crippen LogP contribution in [0.3, 0.4) is 0 Å². The number of aliphatic hydroxyl groups excluding tert-OH is 8. The Morgan fingerprint density at radius 3 is 2.13 bits per heavy atom. The molecule has 2 aliphatic heterocycles. The third kappa shape index (κ3) is 5.76. The van der Waals surface area contributed by atoms with Gasteiger partial charge < -0.3 is 59.8 Å². The molecule has 18 atom stereocenters. The van der Waals surface area contributed by atoms with E-state index in [0.29, 0.717) is 31.6 Å². The lowest BCUT2D eigenvalue weighted by molar-refractivity contribution is -0.308. The second kappa shape index (κ2) is 13.7. The van der Waals surface area contributed by atoms with Gasteiger partial charge in [-0.3, -0.25) is 4.79 Å². The lowest BCUT2D eigenvalue weighted by Crippen LogP contribution is -2.67. The molecule has 4 saturated carbocycles. The van der Waals surface area contributed by atoms with Gasteiger partial charge in [0.15, 0.2) is 6.29 Å². The normalized spacial score (nSPS) is 53.9. The first-order chi connectivity index (χ1) is 25.1. The molecule has 0 aromatic rings. The molecule has 0 radical (unpaired) electrons. The molecule has 13 nitrogen and oxygen atoms in total. The highest BCUT2D eigenvalue weighted by Crippen LogP contribution is 2.76. The Morgan fingerprint density at radius 2 is 1.44 bits per heavy atom. The van der Waals surface area contributed by atoms with Crippen molar-refractivity contribution in [1.82, 2.24) is 0 Å². The Balaban J connectivity index is 1.18. The molecule has 7 aliphatic rings. The lowest BCUT2D eigenvalue weighted by atomic mass is 9.33. The maximum atomic E-state index is 14.6. The number of hydrogen-bond acceptors (Lipinski definition) is 13. The van der Waals surface area contributed by atoms with Gasteiger partial charge in [-0.2, -0.15) is 0 Å². The Morgan fingerprint density at radius 1 is 0.778 bits per heavy atom. The fourth-order valence-corrected chi connectivity index (χ4v) is 13.3. The molecule has 13 heteroatoms. The second-order valence-electron chi connectivity index (χ2n) is 20.2. The maximum Gasteiger partial charge on any atom is 0.315 e. The molecule has 6 fully saturated rings. The van der Waals surface area contributed by atoms with E-state index >= 15 is 0 Å². The van der Waals surface area contributed by atoms with Gasteiger partial charge in [-0.05, 0) is 96.7 Å². The Bertz CT molecular complexity index is 1470. The molecule has 8 N–H and O–H groups in total. The van der Waals surface area contributed by atoms with Gasteiger partial charge in [-0.1, -0.05) is 60.1 Å². The van der Waals surface area contributed by atoms with Crippen molar-refractivity contribution in [2.75, 3.05) is 13.2 Å². The Hall–Kier alpha value is -1.23. The molecule has 0 aromatic heterocycles. The van der Waals surface area contributed by atoms with Crippen molar-refractivity contribution >= 4 is 5.97 Å². The number of rotatable bonds is 5. The fourth-order valence-electron chi connectivity index (χ4n) is 13.3. The van der Waals surface area contributed by atoms with E-state index < -0.39 is 90.7 Å². The number of ether oxygens (including phenoxy) is 4. The van der Waals surface area contributed by atoms with Gasteiger partial charge in [-0.25, -0.2) is 0 Å². The average molecular weight is 767 g/mol. The summed E-state index contributed by atoms with van der Waals surface area (Å²) in [6.45, 7) is 15.0. The van der Waals surface area contributed by atoms with E-state index in [2.05, 4.69) is 40.7 Å². The highest BCUT2D eigenvalue weighted by molar-refractivity contribution is 5.79. The minimum Gasteiger partial charge on any atom is -0.432 e. The van der Waals surface area contributed by atoms with Crippen molar-refractivity contribution in [3.63, 3.8) is 0 Å². The first kappa shape index (κ1) is 40.9. The molecule has 7 rings (SSSR count). The molecular weight excluding hydrogens is 700 g/mol. The van der Waals surface area contributed by atoms with Crippen LogP contribution in [0.1, 0.15) is 106 Å². The van der Waals surface area contributed by atoms with Crippen molar-refractivity contribution < 1.29 is 64.6 Å². The van der Waals surface area contributed by atoms with Gasteiger partial charge in [0.2, 0.25) is 6.29 Å². The van der Waals surface area contributed by atoms with Crippen LogP contribution in [0.5, 0.6) is 0 Å². The van der Waals surface area contributed by atoms with E-state index in [4.69, 9.17) is 18.9 Å². The quantitative estimate of drug-likeness (QED) is 0.114. The summed E-state index contributed by atoms with van der Waals surface area (Å²) in [6, 6.07) is 0. The van der Waals surface area contributed by atoms with Crippen LogP contribution in [0.2, 0.25) is 0 Å². The molecule has 308 valence electrons. The third-order valence-electron chi connectivity index (χ3n) is 17.0. The molecule has 2 heterocycles. The zero-order valence-electron chi connectivity index (χ0n) is 33.1. The van der Waals surface area contributed by atoms with Crippen LogP contribution >= 0.6 is 0 Å². The molecule has 5 aliphatic carbocycles. The zero-order chi connectivity index (χ0) is 39.6. The highest BCUT2D eigenvalue weighted by atomic mass is 16.7. The van der Waals surface area contributed by atoms with Gasteiger partial charge in [0.1, 0.15) is 42.7 Å². The first-order valence-electron chi connectivity index (χ1n) is 20.3. The van der Waals surface area contributed by atoms with E-state index in [0.717, 1.165) is 37.7 Å². The van der Waals surface area contributed by atoms with Crippen LogP contribution in [-0.4, -0.2) is 128 Å². The molecule has 2 saturated heterocycles. The number of esters is 1. The summed E-state index contributed by atoms with van der Waals surface area (Å²) in [5.41, 5.74) is -1.34. The number of carbonyl (C=O) groups is 1. The standard InChI is InChI=1S/C41H66O13/c1-36(2)14-16-41(35(50)54-34-31(48)29(46)28(45)22(18-42)52-34)17-15-39(6)20(26(41)32(36)49)8-9-24-38(5)12-11-25(37(3,4)23(38)10-13-40(24,39)7)53-33-30(47)27(44)21(43)19-51-33/h8,21-34,42-49H,9-19H2,1-7H3/t21-,22-,23-,24+,25-,26+,27-,28-,29+,30+,31-,32-,33-,34+,38-,39+,40+,41-/m0/s1. The van der Waals surface area contributed by atoms with Crippen molar-refractivity contribution in [2.24, 2.45) is 50.2 Å². The van der Waals surface area contributed by atoms with E-state index in [1.807, 2.05) is 13.8 Å². The van der Waals surface area contributed by atoms with Crippen molar-refractivity contribution in [2.45, 2.75) is 174 Å². The molecule has 0 aromatic carbocycles. The van der Waals surface area contributed by atoms with Gasteiger partial charge in [0.25, 0.3) is 0 Å². The SMILES string of the molecule is CC1(C)CC[C@]2(C(=O)O[C@H]3O[C@@H](CO)[C@H](O)[C@@H](O)[C@@H]3O)CC[C@]3(C)C(=CC[C@@H]4[C@@]5(C)CC[C@H](O[C@@H]6OC[C@H](O)[C@H](O)[C@H]6O)C(C)(C)[C@@H]5CC[C@]43C)[C@@H]2[C@@H]1O. The summed E-state index contributed by atoms with van der Waals surface area (Å²) in [7, 11) is 0. The summed E-state index contributed by atoms with van der Waals surface area (Å²) in [6.07, 6.45) is -4.89. The monoisotopic (exact) mass is 766 g/mol. The predicted octanol–water partition coefficient (Wildman–Crippen LogP) is 1.93. The largest absolute Gasteiger partial charge is 0.432 e. The van der Waals surface area contributed by atoms with Crippen molar-refractivity contribution in [1.29, 1.82) is 0 Å². The van der Waals surface area contributed by atoms with Crippen LogP contribution < -0.4 is 0 Å². The van der Waals surface area contributed by atoms with Gasteiger partial charge >= 0.3 is 5.97 Å².